The molecule has 7 nitrogen and oxygen atoms in total. The lowest BCUT2D eigenvalue weighted by Crippen LogP contribution is -2.15. The van der Waals surface area contributed by atoms with Crippen molar-refractivity contribution in [2.75, 3.05) is 11.9 Å². The van der Waals surface area contributed by atoms with Gasteiger partial charge < -0.3 is 10.1 Å². The van der Waals surface area contributed by atoms with Crippen LogP contribution in [0, 0.1) is 10.1 Å². The number of ether oxygens (including phenoxy) is 1. The van der Waals surface area contributed by atoms with Gasteiger partial charge >= 0.3 is 5.69 Å². The quantitative estimate of drug-likeness (QED) is 0.640. The summed E-state index contributed by atoms with van der Waals surface area (Å²) in [4.78, 5) is 19.8. The van der Waals surface area contributed by atoms with Crippen LogP contribution in [0.2, 0.25) is 0 Å². The topological polar surface area (TPSA) is 90.2 Å². The van der Waals surface area contributed by atoms with Crippen molar-refractivity contribution in [3.63, 3.8) is 0 Å². The lowest BCUT2D eigenvalue weighted by Gasteiger charge is -2.21. The first-order chi connectivity index (χ1) is 10.7. The second-order valence-corrected chi connectivity index (χ2v) is 6.03. The van der Waals surface area contributed by atoms with Gasteiger partial charge in [0.25, 0.3) is 5.88 Å². The number of nitro groups is 1. The van der Waals surface area contributed by atoms with Crippen LogP contribution >= 0.6 is 0 Å². The van der Waals surface area contributed by atoms with Gasteiger partial charge in [0.05, 0.1) is 11.5 Å². The highest BCUT2D eigenvalue weighted by Crippen LogP contribution is 2.39. The van der Waals surface area contributed by atoms with Crippen LogP contribution in [0.1, 0.15) is 63.6 Å². The predicted molar refractivity (Wildman–Crippen MR) is 82.3 cm³/mol. The van der Waals surface area contributed by atoms with Crippen LogP contribution in [0.15, 0.2) is 0 Å². The van der Waals surface area contributed by atoms with E-state index in [0.717, 1.165) is 25.7 Å². The Bertz CT molecular complexity index is 554. The molecule has 0 bridgehead atoms. The van der Waals surface area contributed by atoms with Crippen LogP contribution in [-0.4, -0.2) is 27.5 Å². The third-order valence-electron chi connectivity index (χ3n) is 4.22. The van der Waals surface area contributed by atoms with E-state index in [1.165, 1.54) is 19.3 Å². The minimum atomic E-state index is -0.444. The van der Waals surface area contributed by atoms with Crippen molar-refractivity contribution in [1.29, 1.82) is 0 Å². The van der Waals surface area contributed by atoms with Crippen molar-refractivity contribution in [2.24, 2.45) is 0 Å². The number of rotatable bonds is 6. The minimum absolute atomic E-state index is 0.103. The van der Waals surface area contributed by atoms with Crippen molar-refractivity contribution in [2.45, 2.75) is 63.8 Å². The minimum Gasteiger partial charge on any atom is -0.473 e. The van der Waals surface area contributed by atoms with Crippen LogP contribution in [0.25, 0.3) is 0 Å². The van der Waals surface area contributed by atoms with Crippen LogP contribution in [0.5, 0.6) is 5.88 Å². The van der Waals surface area contributed by atoms with Crippen molar-refractivity contribution in [3.05, 3.63) is 15.9 Å². The molecule has 7 heteroatoms. The van der Waals surface area contributed by atoms with Gasteiger partial charge in [-0.25, -0.2) is 4.98 Å². The van der Waals surface area contributed by atoms with Crippen molar-refractivity contribution in [1.82, 2.24) is 9.97 Å². The molecule has 1 aromatic rings. The molecule has 1 N–H and O–H groups in total. The fourth-order valence-electron chi connectivity index (χ4n) is 2.92. The zero-order chi connectivity index (χ0) is 15.5. The van der Waals surface area contributed by atoms with Crippen LogP contribution < -0.4 is 10.1 Å². The summed E-state index contributed by atoms with van der Waals surface area (Å²) in [6.45, 7) is 2.16. The molecular weight excluding hydrogens is 284 g/mol. The van der Waals surface area contributed by atoms with E-state index < -0.39 is 4.92 Å². The molecule has 22 heavy (non-hydrogen) atoms. The fourth-order valence-corrected chi connectivity index (χ4v) is 2.92. The molecule has 0 unspecified atom stereocenters. The maximum Gasteiger partial charge on any atom is 0.372 e. The lowest BCUT2D eigenvalue weighted by molar-refractivity contribution is -0.385. The Morgan fingerprint density at radius 2 is 1.95 bits per heavy atom. The summed E-state index contributed by atoms with van der Waals surface area (Å²) in [5.74, 6) is 1.41. The molecule has 0 aliphatic heterocycles. The van der Waals surface area contributed by atoms with Crippen molar-refractivity contribution >= 4 is 11.5 Å². The third-order valence-corrected chi connectivity index (χ3v) is 4.22. The Kier molecular flexibility index (Phi) is 4.40. The van der Waals surface area contributed by atoms with Crippen LogP contribution in [0.3, 0.4) is 0 Å². The second-order valence-electron chi connectivity index (χ2n) is 6.03. The largest absolute Gasteiger partial charge is 0.473 e. The summed E-state index contributed by atoms with van der Waals surface area (Å²) < 4.78 is 5.44. The molecule has 0 spiro atoms. The fraction of sp³-hybridized carbons (Fsp3) is 0.733. The average Bonchev–Trinajstić information content (AvgIpc) is 3.32. The van der Waals surface area contributed by atoms with E-state index in [9.17, 15) is 10.1 Å². The zero-order valence-corrected chi connectivity index (χ0v) is 12.9. The molecule has 1 aromatic heterocycles. The molecular formula is C15H22N4O3. The van der Waals surface area contributed by atoms with Gasteiger partial charge in [-0.05, 0) is 32.6 Å². The van der Waals surface area contributed by atoms with Gasteiger partial charge in [0.1, 0.15) is 5.82 Å². The Morgan fingerprint density at radius 3 is 2.55 bits per heavy atom. The highest BCUT2D eigenvalue weighted by Gasteiger charge is 2.32. The molecule has 2 fully saturated rings. The molecule has 2 saturated carbocycles. The van der Waals surface area contributed by atoms with Gasteiger partial charge in [0.15, 0.2) is 0 Å². The van der Waals surface area contributed by atoms with Gasteiger partial charge in [-0.1, -0.05) is 19.3 Å². The number of nitrogens with one attached hydrogen (secondary N) is 1. The van der Waals surface area contributed by atoms with Crippen LogP contribution in [0.4, 0.5) is 11.5 Å². The molecule has 0 aromatic carbocycles. The maximum absolute atomic E-state index is 11.4. The number of hydrogen-bond acceptors (Lipinski definition) is 6. The van der Waals surface area contributed by atoms with Gasteiger partial charge in [-0.2, -0.15) is 4.98 Å². The number of hydrogen-bond donors (Lipinski definition) is 1. The molecule has 3 rings (SSSR count). The SMILES string of the molecule is CCOc1nc(C2CCCCC2)nc(NC2CC2)c1[N+](=O)[O-]. The predicted octanol–water partition coefficient (Wildman–Crippen LogP) is 3.41. The van der Waals surface area contributed by atoms with Gasteiger partial charge in [0.2, 0.25) is 5.82 Å². The van der Waals surface area contributed by atoms with E-state index in [1.54, 1.807) is 6.92 Å². The number of nitrogens with zero attached hydrogens (tertiary/aromatic N) is 3. The first-order valence-corrected chi connectivity index (χ1v) is 8.14. The summed E-state index contributed by atoms with van der Waals surface area (Å²) in [5.41, 5.74) is -0.131. The van der Waals surface area contributed by atoms with E-state index in [1.807, 2.05) is 0 Å². The maximum atomic E-state index is 11.4. The van der Waals surface area contributed by atoms with Gasteiger partial charge in [-0.15, -0.1) is 0 Å². The zero-order valence-electron chi connectivity index (χ0n) is 12.9. The smallest absolute Gasteiger partial charge is 0.372 e. The lowest BCUT2D eigenvalue weighted by atomic mass is 9.88. The summed E-state index contributed by atoms with van der Waals surface area (Å²) in [6.07, 6.45) is 7.74. The third kappa shape index (κ3) is 3.28. The van der Waals surface area contributed by atoms with Crippen molar-refractivity contribution < 1.29 is 9.66 Å². The molecule has 2 aliphatic carbocycles. The molecule has 2 aliphatic rings. The first kappa shape index (κ1) is 15.0. The Balaban J connectivity index is 1.98. The Morgan fingerprint density at radius 1 is 1.23 bits per heavy atom. The summed E-state index contributed by atoms with van der Waals surface area (Å²) in [5, 5.41) is 14.6. The van der Waals surface area contributed by atoms with E-state index in [-0.39, 0.29) is 17.5 Å². The van der Waals surface area contributed by atoms with E-state index in [0.29, 0.717) is 24.3 Å². The molecule has 120 valence electrons. The summed E-state index contributed by atoms with van der Waals surface area (Å²) in [6, 6.07) is 0.294. The molecule has 0 radical (unpaired) electrons. The van der Waals surface area contributed by atoms with Gasteiger partial charge in [-0.3, -0.25) is 10.1 Å². The van der Waals surface area contributed by atoms with E-state index in [2.05, 4.69) is 15.3 Å². The van der Waals surface area contributed by atoms with Crippen molar-refractivity contribution in [3.8, 4) is 5.88 Å². The monoisotopic (exact) mass is 306 g/mol. The normalized spacial score (nSPS) is 19.0. The van der Waals surface area contributed by atoms with Crippen LogP contribution in [-0.2, 0) is 0 Å². The number of anilines is 1. The highest BCUT2D eigenvalue weighted by atomic mass is 16.6. The number of aromatic nitrogens is 2. The molecule has 0 atom stereocenters. The van der Waals surface area contributed by atoms with E-state index in [4.69, 9.17) is 4.74 Å². The molecule has 1 heterocycles. The summed E-state index contributed by atoms with van der Waals surface area (Å²) in [7, 11) is 0. The second kappa shape index (κ2) is 6.46. The highest BCUT2D eigenvalue weighted by molar-refractivity contribution is 5.62. The molecule has 0 amide bonds. The Labute approximate surface area is 129 Å². The Hall–Kier alpha value is -1.92. The van der Waals surface area contributed by atoms with E-state index >= 15 is 0 Å². The average molecular weight is 306 g/mol. The first-order valence-electron chi connectivity index (χ1n) is 8.14. The summed E-state index contributed by atoms with van der Waals surface area (Å²) >= 11 is 0. The molecule has 0 saturated heterocycles. The van der Waals surface area contributed by atoms with Gasteiger partial charge in [0, 0.05) is 12.0 Å². The standard InChI is InChI=1S/C15H22N4O3/c1-2-22-15-12(19(20)21)14(16-11-8-9-11)17-13(18-15)10-6-4-3-5-7-10/h10-11H,2-9H2,1H3,(H,16,17,18).